The second-order valence-corrected chi connectivity index (χ2v) is 7.48. The Morgan fingerprint density at radius 3 is 2.84 bits per heavy atom. The number of benzene rings is 2. The number of fused-ring (bicyclic) bond motifs is 1. The fourth-order valence-electron chi connectivity index (χ4n) is 2.78. The maximum absolute atomic E-state index is 13.5. The number of rotatable bonds is 5. The van der Waals surface area contributed by atoms with Crippen molar-refractivity contribution >= 4 is 10.0 Å². The predicted molar refractivity (Wildman–Crippen MR) is 88.6 cm³/mol. The third kappa shape index (κ3) is 3.46. The van der Waals surface area contributed by atoms with Gasteiger partial charge >= 0.3 is 0 Å². The average molecular weight is 367 g/mol. The van der Waals surface area contributed by atoms with Crippen LogP contribution in [0.5, 0.6) is 11.5 Å². The SMILES string of the molecule is COc1ccc(F)cc1S(=O)(=O)NCC1(O)CCOc2ccccc21. The largest absolute Gasteiger partial charge is 0.495 e. The summed E-state index contributed by atoms with van der Waals surface area (Å²) in [7, 11) is -2.78. The maximum Gasteiger partial charge on any atom is 0.244 e. The molecule has 1 atom stereocenters. The molecule has 2 N–H and O–H groups in total. The van der Waals surface area contributed by atoms with E-state index < -0.39 is 21.4 Å². The van der Waals surface area contributed by atoms with Crippen LogP contribution in [0.1, 0.15) is 12.0 Å². The van der Waals surface area contributed by atoms with E-state index in [0.717, 1.165) is 12.1 Å². The molecule has 1 aliphatic heterocycles. The molecule has 0 fully saturated rings. The van der Waals surface area contributed by atoms with Crippen LogP contribution in [-0.2, 0) is 15.6 Å². The van der Waals surface area contributed by atoms with Gasteiger partial charge in [-0.3, -0.25) is 0 Å². The molecule has 1 heterocycles. The summed E-state index contributed by atoms with van der Waals surface area (Å²) in [5.74, 6) is -0.164. The van der Waals surface area contributed by atoms with Gasteiger partial charge in [-0.1, -0.05) is 18.2 Å². The zero-order chi connectivity index (χ0) is 18.1. The van der Waals surface area contributed by atoms with Crippen LogP contribution in [0.4, 0.5) is 4.39 Å². The Morgan fingerprint density at radius 1 is 1.32 bits per heavy atom. The predicted octanol–water partition coefficient (Wildman–Crippen LogP) is 1.78. The molecular formula is C17H18FNO5S. The molecule has 0 saturated heterocycles. The molecular weight excluding hydrogens is 349 g/mol. The van der Waals surface area contributed by atoms with Crippen molar-refractivity contribution in [3.05, 3.63) is 53.8 Å². The van der Waals surface area contributed by atoms with E-state index >= 15 is 0 Å². The number of sulfonamides is 1. The van der Waals surface area contributed by atoms with Gasteiger partial charge in [-0.25, -0.2) is 17.5 Å². The fourth-order valence-corrected chi connectivity index (χ4v) is 4.05. The van der Waals surface area contributed by atoms with Crippen molar-refractivity contribution in [1.82, 2.24) is 4.72 Å². The lowest BCUT2D eigenvalue weighted by molar-refractivity contribution is 0.00218. The Bertz CT molecular complexity index is 886. The van der Waals surface area contributed by atoms with Crippen LogP contribution in [-0.4, -0.2) is 33.8 Å². The standard InChI is InChI=1S/C17H18FNO5S/c1-23-15-7-6-12(18)10-16(15)25(21,22)19-11-17(20)8-9-24-14-5-3-2-4-13(14)17/h2-7,10,19-20H,8-9,11H2,1H3. The summed E-state index contributed by atoms with van der Waals surface area (Å²) in [4.78, 5) is -0.320. The van der Waals surface area contributed by atoms with Crippen LogP contribution in [0, 0.1) is 5.82 Å². The molecule has 2 aromatic rings. The number of hydrogen-bond donors (Lipinski definition) is 2. The Hall–Kier alpha value is -2.16. The molecule has 2 aromatic carbocycles. The molecule has 0 aromatic heterocycles. The zero-order valence-corrected chi connectivity index (χ0v) is 14.3. The molecule has 6 nitrogen and oxygen atoms in total. The van der Waals surface area contributed by atoms with Gasteiger partial charge in [0, 0.05) is 18.5 Å². The number of nitrogens with one attached hydrogen (secondary N) is 1. The van der Waals surface area contributed by atoms with Crippen molar-refractivity contribution in [2.24, 2.45) is 0 Å². The molecule has 0 spiro atoms. The second-order valence-electron chi connectivity index (χ2n) is 5.75. The van der Waals surface area contributed by atoms with Crippen molar-refractivity contribution in [2.75, 3.05) is 20.3 Å². The van der Waals surface area contributed by atoms with Crippen LogP contribution in [0.25, 0.3) is 0 Å². The average Bonchev–Trinajstić information content (AvgIpc) is 2.61. The number of hydrogen-bond acceptors (Lipinski definition) is 5. The highest BCUT2D eigenvalue weighted by molar-refractivity contribution is 7.89. The summed E-state index contributed by atoms with van der Waals surface area (Å²) in [6, 6.07) is 10.1. The van der Waals surface area contributed by atoms with Crippen molar-refractivity contribution < 1.29 is 27.4 Å². The van der Waals surface area contributed by atoms with E-state index in [0.29, 0.717) is 11.3 Å². The fraction of sp³-hybridized carbons (Fsp3) is 0.294. The van der Waals surface area contributed by atoms with Gasteiger partial charge in [0.05, 0.1) is 13.7 Å². The van der Waals surface area contributed by atoms with E-state index in [1.165, 1.54) is 13.2 Å². The minimum Gasteiger partial charge on any atom is -0.495 e. The van der Waals surface area contributed by atoms with E-state index in [9.17, 15) is 17.9 Å². The monoisotopic (exact) mass is 367 g/mol. The summed E-state index contributed by atoms with van der Waals surface area (Å²) >= 11 is 0. The first kappa shape index (κ1) is 17.7. The van der Waals surface area contributed by atoms with E-state index in [1.807, 2.05) is 0 Å². The lowest BCUT2D eigenvalue weighted by Gasteiger charge is -2.34. The minimum absolute atomic E-state index is 0.0215. The lowest BCUT2D eigenvalue weighted by atomic mass is 9.88. The number of aliphatic hydroxyl groups is 1. The number of ether oxygens (including phenoxy) is 2. The minimum atomic E-state index is -4.08. The van der Waals surface area contributed by atoms with Crippen LogP contribution < -0.4 is 14.2 Å². The maximum atomic E-state index is 13.5. The highest BCUT2D eigenvalue weighted by Gasteiger charge is 2.37. The summed E-state index contributed by atoms with van der Waals surface area (Å²) < 4.78 is 51.4. The number of halogens is 1. The van der Waals surface area contributed by atoms with Gasteiger partial charge < -0.3 is 14.6 Å². The van der Waals surface area contributed by atoms with E-state index in [2.05, 4.69) is 4.72 Å². The Labute approximate surface area is 145 Å². The topological polar surface area (TPSA) is 84.9 Å². The summed E-state index contributed by atoms with van der Waals surface area (Å²) in [6.45, 7) is -0.00605. The molecule has 0 bridgehead atoms. The van der Waals surface area contributed by atoms with Gasteiger partial charge in [-0.05, 0) is 24.3 Å². The number of para-hydroxylation sites is 1. The van der Waals surface area contributed by atoms with Crippen LogP contribution >= 0.6 is 0 Å². The molecule has 25 heavy (non-hydrogen) atoms. The van der Waals surface area contributed by atoms with E-state index in [4.69, 9.17) is 9.47 Å². The Balaban J connectivity index is 1.88. The van der Waals surface area contributed by atoms with Gasteiger partial charge in [0.1, 0.15) is 27.8 Å². The van der Waals surface area contributed by atoms with Crippen molar-refractivity contribution in [3.63, 3.8) is 0 Å². The van der Waals surface area contributed by atoms with Gasteiger partial charge in [0.25, 0.3) is 0 Å². The summed E-state index contributed by atoms with van der Waals surface area (Å²) in [5.41, 5.74) is -0.905. The van der Waals surface area contributed by atoms with Crippen molar-refractivity contribution in [2.45, 2.75) is 16.9 Å². The van der Waals surface area contributed by atoms with Crippen LogP contribution in [0.15, 0.2) is 47.4 Å². The quantitative estimate of drug-likeness (QED) is 0.842. The molecule has 8 heteroatoms. The molecule has 0 amide bonds. The van der Waals surface area contributed by atoms with E-state index in [-0.39, 0.29) is 30.2 Å². The highest BCUT2D eigenvalue weighted by Crippen LogP contribution is 2.36. The van der Waals surface area contributed by atoms with Gasteiger partial charge in [-0.15, -0.1) is 0 Å². The molecule has 0 radical (unpaired) electrons. The van der Waals surface area contributed by atoms with Crippen LogP contribution in [0.2, 0.25) is 0 Å². The lowest BCUT2D eigenvalue weighted by Crippen LogP contribution is -2.43. The van der Waals surface area contributed by atoms with Gasteiger partial charge in [-0.2, -0.15) is 0 Å². The van der Waals surface area contributed by atoms with Crippen LogP contribution in [0.3, 0.4) is 0 Å². The third-order valence-corrected chi connectivity index (χ3v) is 5.55. The summed E-state index contributed by atoms with van der Waals surface area (Å²) in [6.07, 6.45) is 0.229. The first-order valence-electron chi connectivity index (χ1n) is 7.64. The van der Waals surface area contributed by atoms with E-state index in [1.54, 1.807) is 24.3 Å². The highest BCUT2D eigenvalue weighted by atomic mass is 32.2. The third-order valence-electron chi connectivity index (χ3n) is 4.13. The summed E-state index contributed by atoms with van der Waals surface area (Å²) in [5, 5.41) is 10.9. The van der Waals surface area contributed by atoms with Crippen molar-refractivity contribution in [3.8, 4) is 11.5 Å². The number of methoxy groups -OCH3 is 1. The zero-order valence-electron chi connectivity index (χ0n) is 13.5. The molecule has 3 rings (SSSR count). The Morgan fingerprint density at radius 2 is 2.08 bits per heavy atom. The first-order chi connectivity index (χ1) is 11.9. The molecule has 0 aliphatic carbocycles. The van der Waals surface area contributed by atoms with Crippen molar-refractivity contribution in [1.29, 1.82) is 0 Å². The normalized spacial score (nSPS) is 19.8. The molecule has 134 valence electrons. The second kappa shape index (κ2) is 6.62. The molecule has 1 aliphatic rings. The Kier molecular flexibility index (Phi) is 4.68. The first-order valence-corrected chi connectivity index (χ1v) is 9.12. The smallest absolute Gasteiger partial charge is 0.244 e. The molecule has 0 saturated carbocycles. The van der Waals surface area contributed by atoms with Gasteiger partial charge in [0.2, 0.25) is 10.0 Å². The van der Waals surface area contributed by atoms with Gasteiger partial charge in [0.15, 0.2) is 0 Å². The molecule has 1 unspecified atom stereocenters.